The number of benzene rings is 2. The molecule has 0 fully saturated rings. The predicted octanol–water partition coefficient (Wildman–Crippen LogP) is 3.60. The van der Waals surface area contributed by atoms with Gasteiger partial charge < -0.3 is 4.74 Å². The molecule has 0 radical (unpaired) electrons. The van der Waals surface area contributed by atoms with Gasteiger partial charge in [-0.2, -0.15) is 5.10 Å². The van der Waals surface area contributed by atoms with E-state index in [-0.39, 0.29) is 24.2 Å². The summed E-state index contributed by atoms with van der Waals surface area (Å²) in [6.07, 6.45) is 3.11. The molecule has 2 aromatic carbocycles. The zero-order valence-electron chi connectivity index (χ0n) is 15.6. The number of hydrogen-bond acceptors (Lipinski definition) is 5. The number of halogens is 2. The number of amides is 1. The number of anilines is 1. The molecule has 1 amide bonds. The van der Waals surface area contributed by atoms with Crippen LogP contribution in [-0.2, 0) is 13.3 Å². The first-order valence-corrected chi connectivity index (χ1v) is 9.30. The molecule has 152 valence electrons. The van der Waals surface area contributed by atoms with Gasteiger partial charge >= 0.3 is 0 Å². The van der Waals surface area contributed by atoms with E-state index >= 15 is 0 Å². The summed E-state index contributed by atoms with van der Waals surface area (Å²) in [6, 6.07) is 14.6. The van der Waals surface area contributed by atoms with Crippen LogP contribution in [0.25, 0.3) is 0 Å². The average Bonchev–Trinajstić information content (AvgIpc) is 3.38. The second-order valence-electron chi connectivity index (χ2n) is 6.32. The molecule has 0 atom stereocenters. The molecule has 0 saturated heterocycles. The van der Waals surface area contributed by atoms with Crippen molar-refractivity contribution in [3.05, 3.63) is 89.2 Å². The van der Waals surface area contributed by atoms with Gasteiger partial charge in [0.2, 0.25) is 5.95 Å². The van der Waals surface area contributed by atoms with Gasteiger partial charge in [0.15, 0.2) is 12.4 Å². The monoisotopic (exact) mass is 426 g/mol. The van der Waals surface area contributed by atoms with Crippen LogP contribution in [-0.4, -0.2) is 30.5 Å². The van der Waals surface area contributed by atoms with Crippen molar-refractivity contribution >= 4 is 23.5 Å². The van der Waals surface area contributed by atoms with Crippen LogP contribution >= 0.6 is 11.6 Å². The summed E-state index contributed by atoms with van der Waals surface area (Å²) in [5.41, 5.74) is 1.05. The normalized spacial score (nSPS) is 10.7. The first kappa shape index (κ1) is 19.6. The maximum Gasteiger partial charge on any atom is 0.278 e. The van der Waals surface area contributed by atoms with Crippen LogP contribution in [0, 0.1) is 5.82 Å². The molecule has 0 aliphatic carbocycles. The summed E-state index contributed by atoms with van der Waals surface area (Å²) < 4.78 is 21.6. The van der Waals surface area contributed by atoms with E-state index in [1.807, 2.05) is 0 Å². The Labute approximate surface area is 175 Å². The Morgan fingerprint density at radius 2 is 1.93 bits per heavy atom. The summed E-state index contributed by atoms with van der Waals surface area (Å²) in [5, 5.41) is 11.5. The molecule has 0 aliphatic heterocycles. The average molecular weight is 427 g/mol. The number of ether oxygens (including phenoxy) is 1. The van der Waals surface area contributed by atoms with E-state index in [0.29, 0.717) is 17.3 Å². The Bertz CT molecular complexity index is 1160. The van der Waals surface area contributed by atoms with Gasteiger partial charge in [-0.15, -0.1) is 5.10 Å². The minimum atomic E-state index is -0.448. The number of rotatable bonds is 7. The Morgan fingerprint density at radius 3 is 2.73 bits per heavy atom. The van der Waals surface area contributed by atoms with Crippen molar-refractivity contribution < 1.29 is 13.9 Å². The molecule has 0 aliphatic rings. The van der Waals surface area contributed by atoms with E-state index in [4.69, 9.17) is 16.3 Å². The van der Waals surface area contributed by atoms with Gasteiger partial charge in [-0.3, -0.25) is 10.1 Å². The zero-order valence-corrected chi connectivity index (χ0v) is 16.3. The van der Waals surface area contributed by atoms with Gasteiger partial charge in [0, 0.05) is 11.2 Å². The van der Waals surface area contributed by atoms with Crippen molar-refractivity contribution in [1.29, 1.82) is 0 Å². The maximum atomic E-state index is 13.0. The summed E-state index contributed by atoms with van der Waals surface area (Å²) in [6.45, 7) is 0.525. The molecule has 2 heterocycles. The van der Waals surface area contributed by atoms with Crippen LogP contribution in [0.5, 0.6) is 5.75 Å². The highest BCUT2D eigenvalue weighted by atomic mass is 35.5. The van der Waals surface area contributed by atoms with Crippen molar-refractivity contribution in [3.8, 4) is 5.75 Å². The lowest BCUT2D eigenvalue weighted by Crippen LogP contribution is -2.15. The lowest BCUT2D eigenvalue weighted by molar-refractivity contribution is 0.101. The van der Waals surface area contributed by atoms with Crippen molar-refractivity contribution in [2.45, 2.75) is 13.3 Å². The van der Waals surface area contributed by atoms with E-state index in [1.165, 1.54) is 23.1 Å². The Balaban J connectivity index is 1.33. The predicted molar refractivity (Wildman–Crippen MR) is 108 cm³/mol. The molecule has 30 heavy (non-hydrogen) atoms. The standard InChI is InChI=1S/C20H16ClFN6O2/c21-15-2-1-3-17(10-15)30-13-27-9-8-18(25-27)19(29)24-20-23-12-28(26-20)11-14-4-6-16(22)7-5-14/h1-10,12H,11,13H2,(H,24,26,29). The van der Waals surface area contributed by atoms with Crippen molar-refractivity contribution in [3.63, 3.8) is 0 Å². The Morgan fingerprint density at radius 1 is 1.10 bits per heavy atom. The Hall–Kier alpha value is -3.72. The van der Waals surface area contributed by atoms with Crippen LogP contribution in [0.2, 0.25) is 5.02 Å². The third-order valence-electron chi connectivity index (χ3n) is 4.05. The van der Waals surface area contributed by atoms with Gasteiger partial charge in [-0.1, -0.05) is 29.8 Å². The second kappa shape index (κ2) is 8.75. The second-order valence-corrected chi connectivity index (χ2v) is 6.75. The number of hydrogen-bond donors (Lipinski definition) is 1. The number of carbonyl (C=O) groups excluding carboxylic acids is 1. The molecule has 0 unspecified atom stereocenters. The highest BCUT2D eigenvalue weighted by molar-refractivity contribution is 6.30. The molecule has 10 heteroatoms. The number of carbonyl (C=O) groups is 1. The van der Waals surface area contributed by atoms with Crippen LogP contribution in [0.3, 0.4) is 0 Å². The van der Waals surface area contributed by atoms with Gasteiger partial charge in [0.1, 0.15) is 17.9 Å². The molecule has 2 aromatic heterocycles. The van der Waals surface area contributed by atoms with Gasteiger partial charge in [0.25, 0.3) is 5.91 Å². The molecule has 0 saturated carbocycles. The highest BCUT2D eigenvalue weighted by Gasteiger charge is 2.13. The highest BCUT2D eigenvalue weighted by Crippen LogP contribution is 2.17. The molecular formula is C20H16ClFN6O2. The van der Waals surface area contributed by atoms with Crippen LogP contribution in [0.15, 0.2) is 67.1 Å². The topological polar surface area (TPSA) is 86.9 Å². The largest absolute Gasteiger partial charge is 0.471 e. The third kappa shape index (κ3) is 5.00. The van der Waals surface area contributed by atoms with Crippen molar-refractivity contribution in [2.75, 3.05) is 5.32 Å². The van der Waals surface area contributed by atoms with Crippen molar-refractivity contribution in [2.24, 2.45) is 0 Å². The van der Waals surface area contributed by atoms with Gasteiger partial charge in [-0.25, -0.2) is 18.7 Å². The molecule has 0 spiro atoms. The SMILES string of the molecule is O=C(Nc1ncn(Cc2ccc(F)cc2)n1)c1ccn(COc2cccc(Cl)c2)n1. The maximum absolute atomic E-state index is 13.0. The van der Waals surface area contributed by atoms with E-state index in [0.717, 1.165) is 5.56 Å². The molecular weight excluding hydrogens is 411 g/mol. The fourth-order valence-electron chi connectivity index (χ4n) is 2.62. The number of nitrogens with one attached hydrogen (secondary N) is 1. The summed E-state index contributed by atoms with van der Waals surface area (Å²) in [5.74, 6) is -0.00883. The van der Waals surface area contributed by atoms with Crippen LogP contribution in [0.1, 0.15) is 16.1 Å². The molecule has 8 nitrogen and oxygen atoms in total. The molecule has 4 aromatic rings. The van der Waals surface area contributed by atoms with Crippen molar-refractivity contribution in [1.82, 2.24) is 24.5 Å². The third-order valence-corrected chi connectivity index (χ3v) is 4.29. The molecule has 1 N–H and O–H groups in total. The number of nitrogens with zero attached hydrogens (tertiary/aromatic N) is 5. The molecule has 0 bridgehead atoms. The van der Waals surface area contributed by atoms with E-state index in [1.54, 1.807) is 53.3 Å². The lowest BCUT2D eigenvalue weighted by Gasteiger charge is -2.06. The minimum Gasteiger partial charge on any atom is -0.471 e. The quantitative estimate of drug-likeness (QED) is 0.488. The van der Waals surface area contributed by atoms with E-state index < -0.39 is 5.91 Å². The first-order valence-electron chi connectivity index (χ1n) is 8.92. The van der Waals surface area contributed by atoms with E-state index in [9.17, 15) is 9.18 Å². The minimum absolute atomic E-state index is 0.123. The van der Waals surface area contributed by atoms with Gasteiger partial charge in [0.05, 0.1) is 6.54 Å². The van der Waals surface area contributed by atoms with Gasteiger partial charge in [-0.05, 0) is 42.0 Å². The van der Waals surface area contributed by atoms with Crippen LogP contribution < -0.4 is 10.1 Å². The molecule has 4 rings (SSSR count). The summed E-state index contributed by atoms with van der Waals surface area (Å²) >= 11 is 5.92. The summed E-state index contributed by atoms with van der Waals surface area (Å²) in [4.78, 5) is 16.4. The summed E-state index contributed by atoms with van der Waals surface area (Å²) in [7, 11) is 0. The fraction of sp³-hybridized carbons (Fsp3) is 0.100. The smallest absolute Gasteiger partial charge is 0.278 e. The first-order chi connectivity index (χ1) is 14.5. The fourth-order valence-corrected chi connectivity index (χ4v) is 2.80. The lowest BCUT2D eigenvalue weighted by atomic mass is 10.2. The number of aromatic nitrogens is 5. The zero-order chi connectivity index (χ0) is 20.9. The van der Waals surface area contributed by atoms with Crippen LogP contribution in [0.4, 0.5) is 10.3 Å². The van der Waals surface area contributed by atoms with E-state index in [2.05, 4.69) is 20.5 Å². The Kier molecular flexibility index (Phi) is 5.71.